The molecule has 3 unspecified atom stereocenters. The standard InChI is InChI=1S/C20H22F2N4O3.C7H9N.C4H10.CH3F/c21-15-4-3-14(17(22)7-15)9-24-10-19(28)25-5-1-2-18(25)20(29)26-11-13(12-27)6-16(26)8-23;1-8-7-5-3-2-4-6-7;1-4(2)3;1-2/h3-4,7,12-13,16,18,24H,1-2,5-6,9-11H2;2-6,8H,1H3;4H,1-3H3;1H3. The number of nitrogens with one attached hydrogen (secondary N) is 2. The molecule has 2 aliphatic rings. The van der Waals surface area contributed by atoms with Gasteiger partial charge in [0, 0.05) is 49.9 Å². The number of nitriles is 1. The molecule has 0 saturated carbocycles. The predicted molar refractivity (Wildman–Crippen MR) is 162 cm³/mol. The third kappa shape index (κ3) is 12.5. The van der Waals surface area contributed by atoms with E-state index < -0.39 is 23.7 Å². The molecule has 11 heteroatoms. The lowest BCUT2D eigenvalue weighted by atomic mass is 10.1. The first kappa shape index (κ1) is 37.1. The Morgan fingerprint density at radius 2 is 1.74 bits per heavy atom. The topological polar surface area (TPSA) is 106 Å². The van der Waals surface area contributed by atoms with Gasteiger partial charge in [0.2, 0.25) is 11.8 Å². The number of para-hydroxylation sites is 1. The number of aldehydes is 1. The number of hydrogen-bond donors (Lipinski definition) is 2. The summed E-state index contributed by atoms with van der Waals surface area (Å²) in [5.41, 5.74) is 1.40. The Morgan fingerprint density at radius 1 is 1.09 bits per heavy atom. The van der Waals surface area contributed by atoms with Gasteiger partial charge in [-0.1, -0.05) is 45.0 Å². The molecule has 0 spiro atoms. The summed E-state index contributed by atoms with van der Waals surface area (Å²) >= 11 is 0. The minimum absolute atomic E-state index is 0.0496. The third-order valence-corrected chi connectivity index (χ3v) is 6.49. The maximum absolute atomic E-state index is 13.7. The number of carbonyl (C=O) groups excluding carboxylic acids is 3. The van der Waals surface area contributed by atoms with Crippen LogP contribution in [0.1, 0.15) is 45.6 Å². The first-order valence-electron chi connectivity index (χ1n) is 14.3. The van der Waals surface area contributed by atoms with Crippen molar-refractivity contribution in [2.45, 2.75) is 58.7 Å². The fourth-order valence-corrected chi connectivity index (χ4v) is 4.52. The first-order chi connectivity index (χ1) is 20.6. The number of nitrogens with zero attached hydrogens (tertiary/aromatic N) is 3. The van der Waals surface area contributed by atoms with E-state index in [-0.39, 0.29) is 42.9 Å². The van der Waals surface area contributed by atoms with Gasteiger partial charge in [-0.2, -0.15) is 5.26 Å². The second kappa shape index (κ2) is 20.1. The molecule has 2 N–H and O–H groups in total. The molecule has 43 heavy (non-hydrogen) atoms. The molecule has 2 heterocycles. The van der Waals surface area contributed by atoms with Crippen LogP contribution in [0.5, 0.6) is 0 Å². The van der Waals surface area contributed by atoms with Crippen LogP contribution in [0.2, 0.25) is 0 Å². The van der Waals surface area contributed by atoms with Crippen molar-refractivity contribution in [3.8, 4) is 6.07 Å². The summed E-state index contributed by atoms with van der Waals surface area (Å²) in [5, 5.41) is 15.1. The summed E-state index contributed by atoms with van der Waals surface area (Å²) in [6.07, 6.45) is 2.24. The minimum Gasteiger partial charge on any atom is -0.388 e. The second-order valence-corrected chi connectivity index (χ2v) is 10.7. The van der Waals surface area contributed by atoms with E-state index in [9.17, 15) is 32.8 Å². The van der Waals surface area contributed by atoms with Crippen molar-refractivity contribution in [2.75, 3.05) is 39.2 Å². The normalized spacial score (nSPS) is 18.7. The monoisotopic (exact) mass is 603 g/mol. The van der Waals surface area contributed by atoms with Crippen molar-refractivity contribution < 1.29 is 27.6 Å². The van der Waals surface area contributed by atoms with Crippen molar-refractivity contribution in [3.63, 3.8) is 0 Å². The molecule has 3 atom stereocenters. The predicted octanol–water partition coefficient (Wildman–Crippen LogP) is 4.96. The average Bonchev–Trinajstić information content (AvgIpc) is 3.67. The number of likely N-dealkylation sites (tertiary alicyclic amines) is 2. The van der Waals surface area contributed by atoms with Crippen molar-refractivity contribution >= 4 is 23.8 Å². The van der Waals surface area contributed by atoms with E-state index in [0.717, 1.165) is 30.0 Å². The van der Waals surface area contributed by atoms with Crippen LogP contribution in [0.3, 0.4) is 0 Å². The van der Waals surface area contributed by atoms with Gasteiger partial charge < -0.3 is 25.2 Å². The number of halogens is 3. The Labute approximate surface area is 253 Å². The third-order valence-electron chi connectivity index (χ3n) is 6.49. The van der Waals surface area contributed by atoms with Crippen LogP contribution in [-0.2, 0) is 20.9 Å². The zero-order valence-electron chi connectivity index (χ0n) is 25.7. The molecular weight excluding hydrogens is 559 g/mol. The molecule has 2 amide bonds. The summed E-state index contributed by atoms with van der Waals surface area (Å²) in [7, 11) is 2.41. The number of hydrogen-bond acceptors (Lipinski definition) is 6. The highest BCUT2D eigenvalue weighted by Crippen LogP contribution is 2.26. The summed E-state index contributed by atoms with van der Waals surface area (Å²) in [4.78, 5) is 39.4. The van der Waals surface area contributed by atoms with Crippen molar-refractivity contribution in [3.05, 3.63) is 65.7 Å². The molecule has 2 aromatic rings. The lowest BCUT2D eigenvalue weighted by Gasteiger charge is -2.29. The van der Waals surface area contributed by atoms with Crippen LogP contribution >= 0.6 is 0 Å². The largest absolute Gasteiger partial charge is 0.388 e. The molecule has 8 nitrogen and oxygen atoms in total. The SMILES string of the molecule is CC(C)C.CF.CNc1ccccc1.N#CC1CC(C=O)CN1C(=O)C1CCCN1C(=O)CNCc1ccc(F)cc1F. The minimum atomic E-state index is -0.694. The molecule has 0 radical (unpaired) electrons. The second-order valence-electron chi connectivity index (χ2n) is 10.7. The van der Waals surface area contributed by atoms with E-state index in [4.69, 9.17) is 0 Å². The van der Waals surface area contributed by atoms with E-state index in [1.165, 1.54) is 15.9 Å². The number of carbonyl (C=O) groups is 3. The summed E-state index contributed by atoms with van der Waals surface area (Å²) in [6.45, 7) is 7.07. The lowest BCUT2D eigenvalue weighted by molar-refractivity contribution is -0.143. The summed E-state index contributed by atoms with van der Waals surface area (Å²) < 4.78 is 36.1. The zero-order valence-corrected chi connectivity index (χ0v) is 25.7. The Bertz CT molecular complexity index is 1170. The molecule has 4 rings (SSSR count). The number of rotatable bonds is 7. The fourth-order valence-electron chi connectivity index (χ4n) is 4.52. The Morgan fingerprint density at radius 3 is 2.28 bits per heavy atom. The van der Waals surface area contributed by atoms with Crippen LogP contribution in [0.4, 0.5) is 18.9 Å². The Balaban J connectivity index is 0.000000547. The van der Waals surface area contributed by atoms with E-state index >= 15 is 0 Å². The molecule has 236 valence electrons. The molecule has 0 aromatic heterocycles. The number of alkyl halides is 1. The molecular formula is C32H44F3N5O3. The molecule has 0 aliphatic carbocycles. The van der Waals surface area contributed by atoms with Crippen LogP contribution < -0.4 is 10.6 Å². The van der Waals surface area contributed by atoms with Crippen molar-refractivity contribution in [2.24, 2.45) is 11.8 Å². The fraction of sp³-hybridized carbons (Fsp3) is 0.500. The highest BCUT2D eigenvalue weighted by Gasteiger charge is 2.42. The van der Waals surface area contributed by atoms with E-state index in [2.05, 4.69) is 37.5 Å². The molecule has 0 bridgehead atoms. The molecule has 2 fully saturated rings. The van der Waals surface area contributed by atoms with E-state index in [1.807, 2.05) is 37.4 Å². The maximum Gasteiger partial charge on any atom is 0.246 e. The van der Waals surface area contributed by atoms with Gasteiger partial charge in [0.1, 0.15) is 30.0 Å². The van der Waals surface area contributed by atoms with Gasteiger partial charge in [-0.3, -0.25) is 14.0 Å². The maximum atomic E-state index is 13.7. The van der Waals surface area contributed by atoms with Crippen molar-refractivity contribution in [1.82, 2.24) is 15.1 Å². The molecule has 2 aromatic carbocycles. The van der Waals surface area contributed by atoms with Crippen LogP contribution in [0.25, 0.3) is 0 Å². The number of amides is 2. The molecule has 2 aliphatic heterocycles. The first-order valence-corrected chi connectivity index (χ1v) is 14.3. The van der Waals surface area contributed by atoms with Crippen molar-refractivity contribution in [1.29, 1.82) is 5.26 Å². The van der Waals surface area contributed by atoms with Gasteiger partial charge in [-0.05, 0) is 43.4 Å². The highest BCUT2D eigenvalue weighted by atomic mass is 19.1. The average molecular weight is 604 g/mol. The smallest absolute Gasteiger partial charge is 0.246 e. The number of anilines is 1. The zero-order chi connectivity index (χ0) is 32.4. The van der Waals surface area contributed by atoms with E-state index in [0.29, 0.717) is 33.0 Å². The summed E-state index contributed by atoms with van der Waals surface area (Å²) in [5.74, 6) is -1.50. The van der Waals surface area contributed by atoms with Gasteiger partial charge in [-0.25, -0.2) is 8.78 Å². The van der Waals surface area contributed by atoms with Crippen LogP contribution in [0, 0.1) is 34.8 Å². The van der Waals surface area contributed by atoms with Crippen LogP contribution in [-0.4, -0.2) is 73.8 Å². The lowest BCUT2D eigenvalue weighted by Crippen LogP contribution is -2.50. The van der Waals surface area contributed by atoms with Gasteiger partial charge in [0.15, 0.2) is 0 Å². The number of benzene rings is 2. The van der Waals surface area contributed by atoms with Gasteiger partial charge in [0.25, 0.3) is 0 Å². The van der Waals surface area contributed by atoms with Gasteiger partial charge in [0.05, 0.1) is 19.8 Å². The highest BCUT2D eigenvalue weighted by molar-refractivity contribution is 5.89. The van der Waals surface area contributed by atoms with E-state index in [1.54, 1.807) is 0 Å². The molecule has 2 saturated heterocycles. The quantitative estimate of drug-likeness (QED) is 0.434. The Kier molecular flexibility index (Phi) is 17.3. The Hall–Kier alpha value is -3.91. The van der Waals surface area contributed by atoms with Gasteiger partial charge in [-0.15, -0.1) is 0 Å². The van der Waals surface area contributed by atoms with Crippen LogP contribution in [0.15, 0.2) is 48.5 Å². The summed E-state index contributed by atoms with van der Waals surface area (Å²) in [6, 6.07) is 14.0. The van der Waals surface area contributed by atoms with Gasteiger partial charge >= 0.3 is 0 Å².